The van der Waals surface area contributed by atoms with Crippen LogP contribution in [-0.2, 0) is 4.79 Å². The van der Waals surface area contributed by atoms with E-state index in [1.54, 1.807) is 24.3 Å². The van der Waals surface area contributed by atoms with Crippen molar-refractivity contribution in [2.45, 2.75) is 25.7 Å². The Kier molecular flexibility index (Phi) is 6.87. The van der Waals surface area contributed by atoms with Gasteiger partial charge in [-0.15, -0.1) is 0 Å². The number of carbonyl (C=O) groups is 2. The first-order valence-electron chi connectivity index (χ1n) is 9.19. The van der Waals surface area contributed by atoms with E-state index in [2.05, 4.69) is 21.2 Å². The summed E-state index contributed by atoms with van der Waals surface area (Å²) < 4.78 is 6.61. The number of amides is 2. The summed E-state index contributed by atoms with van der Waals surface area (Å²) in [5.41, 5.74) is 1.37. The molecule has 1 N–H and O–H groups in total. The normalized spacial score (nSPS) is 13.4. The van der Waals surface area contributed by atoms with Crippen molar-refractivity contribution >= 4 is 33.4 Å². The van der Waals surface area contributed by atoms with Crippen LogP contribution < -0.4 is 10.1 Å². The number of likely N-dealkylation sites (tertiary alicyclic amines) is 1. The molecule has 0 aromatic heterocycles. The number of hydrogen-bond donors (Lipinski definition) is 1. The van der Waals surface area contributed by atoms with Crippen molar-refractivity contribution in [3.63, 3.8) is 0 Å². The molecule has 2 aromatic rings. The van der Waals surface area contributed by atoms with Crippen molar-refractivity contribution in [1.82, 2.24) is 4.90 Å². The first kappa shape index (κ1) is 19.4. The van der Waals surface area contributed by atoms with Gasteiger partial charge in [0, 0.05) is 35.2 Å². The van der Waals surface area contributed by atoms with Crippen LogP contribution in [0.25, 0.3) is 0 Å². The summed E-state index contributed by atoms with van der Waals surface area (Å²) in [5.74, 6) is 0.792. The minimum atomic E-state index is -0.0620. The van der Waals surface area contributed by atoms with Gasteiger partial charge < -0.3 is 15.0 Å². The van der Waals surface area contributed by atoms with Crippen molar-refractivity contribution in [2.75, 3.05) is 25.0 Å². The van der Waals surface area contributed by atoms with Gasteiger partial charge in [0.25, 0.3) is 5.91 Å². The molecule has 0 spiro atoms. The summed E-state index contributed by atoms with van der Waals surface area (Å²) in [5, 5.41) is 2.86. The predicted octanol–water partition coefficient (Wildman–Crippen LogP) is 4.48. The molecule has 1 heterocycles. The highest BCUT2D eigenvalue weighted by Gasteiger charge is 2.19. The number of benzene rings is 2. The van der Waals surface area contributed by atoms with E-state index in [0.29, 0.717) is 30.7 Å². The van der Waals surface area contributed by atoms with Crippen molar-refractivity contribution < 1.29 is 14.3 Å². The first-order valence-corrected chi connectivity index (χ1v) is 9.99. The van der Waals surface area contributed by atoms with Crippen molar-refractivity contribution in [3.05, 3.63) is 58.6 Å². The van der Waals surface area contributed by atoms with Crippen LogP contribution in [0.4, 0.5) is 5.69 Å². The number of nitrogens with zero attached hydrogens (tertiary/aromatic N) is 1. The molecule has 142 valence electrons. The summed E-state index contributed by atoms with van der Waals surface area (Å²) in [4.78, 5) is 26.2. The number of ether oxygens (including phenoxy) is 1. The van der Waals surface area contributed by atoms with E-state index < -0.39 is 0 Å². The van der Waals surface area contributed by atoms with Gasteiger partial charge in [-0.1, -0.05) is 15.9 Å². The van der Waals surface area contributed by atoms with Gasteiger partial charge in [0.15, 0.2) is 0 Å². The highest BCUT2D eigenvalue weighted by molar-refractivity contribution is 9.10. The molecule has 1 aliphatic rings. The number of carbonyl (C=O) groups excluding carboxylic acids is 2. The smallest absolute Gasteiger partial charge is 0.253 e. The second-order valence-corrected chi connectivity index (χ2v) is 7.45. The van der Waals surface area contributed by atoms with Crippen LogP contribution in [0.15, 0.2) is 53.0 Å². The van der Waals surface area contributed by atoms with Gasteiger partial charge in [-0.2, -0.15) is 0 Å². The number of anilines is 1. The lowest BCUT2D eigenvalue weighted by Crippen LogP contribution is -2.27. The Labute approximate surface area is 167 Å². The Balaban J connectivity index is 1.39. The maximum absolute atomic E-state index is 12.3. The standard InChI is InChI=1S/C21H23BrN2O3/c22-17-7-11-19(12-8-17)27-15-3-4-20(25)23-18-9-5-16(6-10-18)21(26)24-13-1-2-14-24/h5-12H,1-4,13-15H2,(H,23,25). The molecule has 0 aliphatic carbocycles. The van der Waals surface area contributed by atoms with Gasteiger partial charge in [0.2, 0.25) is 5.91 Å². The monoisotopic (exact) mass is 430 g/mol. The summed E-state index contributed by atoms with van der Waals surface area (Å²) in [6.45, 7) is 2.15. The van der Waals surface area contributed by atoms with Crippen LogP contribution >= 0.6 is 15.9 Å². The first-order chi connectivity index (χ1) is 13.1. The Bertz CT molecular complexity index is 769. The fourth-order valence-corrected chi connectivity index (χ4v) is 3.24. The molecular formula is C21H23BrN2O3. The molecule has 27 heavy (non-hydrogen) atoms. The molecule has 1 saturated heterocycles. The van der Waals surface area contributed by atoms with Gasteiger partial charge in [-0.25, -0.2) is 0 Å². The molecule has 1 fully saturated rings. The number of hydrogen-bond acceptors (Lipinski definition) is 3. The van der Waals surface area contributed by atoms with Crippen molar-refractivity contribution in [1.29, 1.82) is 0 Å². The molecule has 6 heteroatoms. The van der Waals surface area contributed by atoms with E-state index in [4.69, 9.17) is 4.74 Å². The fourth-order valence-electron chi connectivity index (χ4n) is 2.98. The number of nitrogens with one attached hydrogen (secondary N) is 1. The molecule has 0 bridgehead atoms. The number of rotatable bonds is 7. The topological polar surface area (TPSA) is 58.6 Å². The average molecular weight is 431 g/mol. The Morgan fingerprint density at radius 1 is 1.00 bits per heavy atom. The average Bonchev–Trinajstić information content (AvgIpc) is 3.21. The predicted molar refractivity (Wildman–Crippen MR) is 109 cm³/mol. The highest BCUT2D eigenvalue weighted by atomic mass is 79.9. The molecule has 2 aromatic carbocycles. The van der Waals surface area contributed by atoms with Gasteiger partial charge >= 0.3 is 0 Å². The van der Waals surface area contributed by atoms with E-state index in [1.165, 1.54) is 0 Å². The van der Waals surface area contributed by atoms with Crippen LogP contribution in [0.5, 0.6) is 5.75 Å². The maximum atomic E-state index is 12.3. The van der Waals surface area contributed by atoms with E-state index in [-0.39, 0.29) is 11.8 Å². The lowest BCUT2D eigenvalue weighted by molar-refractivity contribution is -0.116. The van der Waals surface area contributed by atoms with E-state index in [0.717, 1.165) is 36.2 Å². The largest absolute Gasteiger partial charge is 0.494 e. The van der Waals surface area contributed by atoms with Gasteiger partial charge in [-0.3, -0.25) is 9.59 Å². The van der Waals surface area contributed by atoms with Gasteiger partial charge in [0.1, 0.15) is 5.75 Å². The van der Waals surface area contributed by atoms with Crippen molar-refractivity contribution in [3.8, 4) is 5.75 Å². The fraction of sp³-hybridized carbons (Fsp3) is 0.333. The summed E-state index contributed by atoms with van der Waals surface area (Å²) in [6.07, 6.45) is 3.16. The van der Waals surface area contributed by atoms with Crippen LogP contribution in [-0.4, -0.2) is 36.4 Å². The SMILES string of the molecule is O=C(CCCOc1ccc(Br)cc1)Nc1ccc(C(=O)N2CCCC2)cc1. The molecule has 2 amide bonds. The quantitative estimate of drug-likeness (QED) is 0.658. The Hall–Kier alpha value is -2.34. The minimum absolute atomic E-state index is 0.0620. The zero-order valence-electron chi connectivity index (χ0n) is 15.1. The molecule has 0 saturated carbocycles. The lowest BCUT2D eigenvalue weighted by atomic mass is 10.2. The Morgan fingerprint density at radius 3 is 2.33 bits per heavy atom. The lowest BCUT2D eigenvalue weighted by Gasteiger charge is -2.15. The summed E-state index contributed by atoms with van der Waals surface area (Å²) in [6, 6.07) is 14.7. The maximum Gasteiger partial charge on any atom is 0.253 e. The molecule has 3 rings (SSSR count). The molecule has 0 radical (unpaired) electrons. The zero-order chi connectivity index (χ0) is 19.1. The van der Waals surface area contributed by atoms with Crippen LogP contribution in [0.2, 0.25) is 0 Å². The molecule has 0 unspecified atom stereocenters. The van der Waals surface area contributed by atoms with E-state index >= 15 is 0 Å². The second-order valence-electron chi connectivity index (χ2n) is 6.53. The van der Waals surface area contributed by atoms with Gasteiger partial charge in [-0.05, 0) is 67.8 Å². The zero-order valence-corrected chi connectivity index (χ0v) is 16.7. The van der Waals surface area contributed by atoms with Crippen molar-refractivity contribution in [2.24, 2.45) is 0 Å². The second kappa shape index (κ2) is 9.55. The molecule has 1 aliphatic heterocycles. The molecule has 5 nitrogen and oxygen atoms in total. The Morgan fingerprint density at radius 2 is 1.67 bits per heavy atom. The van der Waals surface area contributed by atoms with Crippen LogP contribution in [0.1, 0.15) is 36.0 Å². The van der Waals surface area contributed by atoms with Crippen LogP contribution in [0.3, 0.4) is 0 Å². The third kappa shape index (κ3) is 5.82. The minimum Gasteiger partial charge on any atom is -0.494 e. The van der Waals surface area contributed by atoms with Crippen LogP contribution in [0, 0.1) is 0 Å². The van der Waals surface area contributed by atoms with Gasteiger partial charge in [0.05, 0.1) is 6.61 Å². The number of halogens is 1. The molecule has 0 atom stereocenters. The van der Waals surface area contributed by atoms with E-state index in [9.17, 15) is 9.59 Å². The third-order valence-corrected chi connectivity index (χ3v) is 4.97. The highest BCUT2D eigenvalue weighted by Crippen LogP contribution is 2.17. The molecular weight excluding hydrogens is 408 g/mol. The summed E-state index contributed by atoms with van der Waals surface area (Å²) in [7, 11) is 0. The summed E-state index contributed by atoms with van der Waals surface area (Å²) >= 11 is 3.38. The van der Waals surface area contributed by atoms with E-state index in [1.807, 2.05) is 29.2 Å². The third-order valence-electron chi connectivity index (χ3n) is 4.44.